The van der Waals surface area contributed by atoms with Gasteiger partial charge >= 0.3 is 0 Å². The molecule has 7 heteroatoms. The molecule has 1 aromatic carbocycles. The highest BCUT2D eigenvalue weighted by molar-refractivity contribution is 7.11. The molecule has 1 saturated carbocycles. The van der Waals surface area contributed by atoms with E-state index in [1.807, 2.05) is 18.2 Å². The molecule has 4 nitrogen and oxygen atoms in total. The van der Waals surface area contributed by atoms with E-state index in [1.165, 1.54) is 10.5 Å². The number of amides is 1. The minimum Gasteiger partial charge on any atom is -0.482 e. The highest BCUT2D eigenvalue weighted by atomic mass is 35.5. The number of hydrogen-bond acceptors (Lipinski definition) is 5. The van der Waals surface area contributed by atoms with Gasteiger partial charge in [-0.05, 0) is 65.9 Å². The second-order valence-corrected chi connectivity index (χ2v) is 9.95. The van der Waals surface area contributed by atoms with Crippen LogP contribution in [0.5, 0.6) is 5.75 Å². The number of hydrogen-bond donors (Lipinski definition) is 0. The van der Waals surface area contributed by atoms with Crippen LogP contribution in [-0.4, -0.2) is 23.2 Å². The maximum Gasteiger partial charge on any atom is 0.281 e. The number of ether oxygens (including phenoxy) is 1. The second-order valence-electron chi connectivity index (χ2n) is 7.59. The Balaban J connectivity index is 1.44. The van der Waals surface area contributed by atoms with E-state index in [1.54, 1.807) is 39.8 Å². The Kier molecular flexibility index (Phi) is 5.94. The van der Waals surface area contributed by atoms with Gasteiger partial charge in [0.15, 0.2) is 6.61 Å². The SMILES string of the molecule is O=C(COc1ccccc1Cl)N1N=C2/C(=C/c3cccs3)CCCC2C1c1cccs1. The van der Waals surface area contributed by atoms with E-state index >= 15 is 0 Å². The first-order valence-electron chi connectivity index (χ1n) is 10.3. The van der Waals surface area contributed by atoms with Crippen LogP contribution < -0.4 is 4.74 Å². The fourth-order valence-corrected chi connectivity index (χ4v) is 6.00. The molecule has 0 spiro atoms. The summed E-state index contributed by atoms with van der Waals surface area (Å²) in [6.07, 6.45) is 5.34. The molecule has 158 valence electrons. The van der Waals surface area contributed by atoms with Gasteiger partial charge in [-0.25, -0.2) is 5.01 Å². The molecule has 1 amide bonds. The van der Waals surface area contributed by atoms with E-state index in [4.69, 9.17) is 21.4 Å². The predicted octanol–water partition coefficient (Wildman–Crippen LogP) is 6.67. The van der Waals surface area contributed by atoms with Crippen molar-refractivity contribution in [1.82, 2.24) is 5.01 Å². The second kappa shape index (κ2) is 8.99. The van der Waals surface area contributed by atoms with Gasteiger partial charge in [-0.3, -0.25) is 4.79 Å². The third-order valence-corrected chi connectivity index (χ3v) is 7.71. The summed E-state index contributed by atoms with van der Waals surface area (Å²) >= 11 is 9.58. The Morgan fingerprint density at radius 3 is 2.77 bits per heavy atom. The molecule has 2 unspecified atom stereocenters. The summed E-state index contributed by atoms with van der Waals surface area (Å²) in [5, 5.41) is 11.2. The maximum absolute atomic E-state index is 13.2. The van der Waals surface area contributed by atoms with Crippen molar-refractivity contribution in [1.29, 1.82) is 0 Å². The molecule has 0 saturated heterocycles. The van der Waals surface area contributed by atoms with E-state index in [0.29, 0.717) is 10.8 Å². The van der Waals surface area contributed by atoms with Crippen LogP contribution in [0.15, 0.2) is 70.0 Å². The smallest absolute Gasteiger partial charge is 0.281 e. The Bertz CT molecular complexity index is 1120. The van der Waals surface area contributed by atoms with Crippen LogP contribution in [0.3, 0.4) is 0 Å². The van der Waals surface area contributed by atoms with Crippen LogP contribution in [0, 0.1) is 5.92 Å². The number of rotatable bonds is 5. The van der Waals surface area contributed by atoms with Crippen LogP contribution in [-0.2, 0) is 4.79 Å². The molecule has 1 aliphatic heterocycles. The van der Waals surface area contributed by atoms with Crippen LogP contribution in [0.4, 0.5) is 0 Å². The van der Waals surface area contributed by atoms with Gasteiger partial charge in [0.1, 0.15) is 5.75 Å². The normalized spacial score (nSPS) is 21.8. The fourth-order valence-electron chi connectivity index (χ4n) is 4.26. The quantitative estimate of drug-likeness (QED) is 0.419. The molecule has 0 N–H and O–H groups in total. The van der Waals surface area contributed by atoms with Crippen LogP contribution in [0.2, 0.25) is 5.02 Å². The minimum absolute atomic E-state index is 0.0793. The standard InChI is InChI=1S/C24H21ClN2O2S2/c25-19-9-1-2-10-20(19)29-15-22(28)27-24(21-11-5-13-31-21)18-8-3-6-16(23(18)26-27)14-17-7-4-12-30-17/h1-2,4-5,7,9-14,18,24H,3,6,8,15H2/b16-14+. The average molecular weight is 469 g/mol. The van der Waals surface area contributed by atoms with E-state index in [2.05, 4.69) is 35.0 Å². The monoisotopic (exact) mass is 468 g/mol. The molecular weight excluding hydrogens is 448 g/mol. The van der Waals surface area contributed by atoms with Crippen LogP contribution >= 0.6 is 34.3 Å². The molecule has 3 aromatic rings. The number of benzene rings is 1. The van der Waals surface area contributed by atoms with Crippen molar-refractivity contribution in [3.63, 3.8) is 0 Å². The van der Waals surface area contributed by atoms with Gasteiger partial charge in [0.2, 0.25) is 0 Å². The number of halogens is 1. The van der Waals surface area contributed by atoms with Gasteiger partial charge in [0.25, 0.3) is 5.91 Å². The Labute approximate surface area is 194 Å². The maximum atomic E-state index is 13.2. The lowest BCUT2D eigenvalue weighted by Crippen LogP contribution is -2.34. The highest BCUT2D eigenvalue weighted by Crippen LogP contribution is 2.45. The molecule has 0 radical (unpaired) electrons. The first kappa shape index (κ1) is 20.5. The van der Waals surface area contributed by atoms with E-state index in [-0.39, 0.29) is 24.5 Å². The van der Waals surface area contributed by atoms with Crippen molar-refractivity contribution in [2.75, 3.05) is 6.61 Å². The number of fused-ring (bicyclic) bond motifs is 1. The summed E-state index contributed by atoms with van der Waals surface area (Å²) in [4.78, 5) is 15.6. The van der Waals surface area contributed by atoms with E-state index in [9.17, 15) is 4.79 Å². The van der Waals surface area contributed by atoms with Gasteiger partial charge in [-0.1, -0.05) is 35.9 Å². The Morgan fingerprint density at radius 2 is 2.00 bits per heavy atom. The molecular formula is C24H21ClN2O2S2. The summed E-state index contributed by atoms with van der Waals surface area (Å²) in [6.45, 7) is -0.0981. The minimum atomic E-state index is -0.157. The van der Waals surface area contributed by atoms with Crippen LogP contribution in [0.25, 0.3) is 6.08 Å². The summed E-state index contributed by atoms with van der Waals surface area (Å²) in [5.41, 5.74) is 2.28. The fraction of sp³-hybridized carbons (Fsp3) is 0.250. The number of hydrazone groups is 1. The average Bonchev–Trinajstić information content (AvgIpc) is 3.53. The molecule has 2 aromatic heterocycles. The highest BCUT2D eigenvalue weighted by Gasteiger charge is 2.44. The lowest BCUT2D eigenvalue weighted by atomic mass is 9.79. The zero-order valence-electron chi connectivity index (χ0n) is 16.7. The van der Waals surface area contributed by atoms with Gasteiger partial charge in [-0.15, -0.1) is 22.7 Å². The van der Waals surface area contributed by atoms with Crippen molar-refractivity contribution >= 4 is 52.0 Å². The molecule has 0 bridgehead atoms. The summed E-state index contributed by atoms with van der Waals surface area (Å²) in [6, 6.07) is 15.4. The number of carbonyl (C=O) groups excluding carboxylic acids is 1. The molecule has 2 aliphatic rings. The number of nitrogens with zero attached hydrogens (tertiary/aromatic N) is 2. The molecule has 2 atom stereocenters. The zero-order chi connectivity index (χ0) is 21.2. The van der Waals surface area contributed by atoms with Crippen molar-refractivity contribution < 1.29 is 9.53 Å². The zero-order valence-corrected chi connectivity index (χ0v) is 19.1. The van der Waals surface area contributed by atoms with Crippen molar-refractivity contribution in [3.8, 4) is 5.75 Å². The number of thiophene rings is 2. The third-order valence-electron chi connectivity index (χ3n) is 5.64. The molecule has 3 heterocycles. The van der Waals surface area contributed by atoms with Gasteiger partial charge < -0.3 is 4.74 Å². The lowest BCUT2D eigenvalue weighted by molar-refractivity contribution is -0.135. The van der Waals surface area contributed by atoms with Gasteiger partial charge in [0.05, 0.1) is 16.8 Å². The number of allylic oxidation sites excluding steroid dienone is 1. The largest absolute Gasteiger partial charge is 0.482 e. The summed E-state index contributed by atoms with van der Waals surface area (Å²) < 4.78 is 5.74. The number of carbonyl (C=O) groups is 1. The van der Waals surface area contributed by atoms with E-state index < -0.39 is 0 Å². The lowest BCUT2D eigenvalue weighted by Gasteiger charge is -2.28. The molecule has 5 rings (SSSR count). The first-order chi connectivity index (χ1) is 15.2. The third kappa shape index (κ3) is 4.20. The number of para-hydroxylation sites is 1. The molecule has 1 aliphatic carbocycles. The summed E-state index contributed by atoms with van der Waals surface area (Å²) in [5.74, 6) is 0.561. The summed E-state index contributed by atoms with van der Waals surface area (Å²) in [7, 11) is 0. The van der Waals surface area contributed by atoms with Crippen molar-refractivity contribution in [2.45, 2.75) is 25.3 Å². The van der Waals surface area contributed by atoms with Crippen molar-refractivity contribution in [3.05, 3.63) is 79.6 Å². The molecule has 1 fully saturated rings. The van der Waals surface area contributed by atoms with Gasteiger partial charge in [0, 0.05) is 15.7 Å². The molecule has 31 heavy (non-hydrogen) atoms. The van der Waals surface area contributed by atoms with Crippen LogP contribution in [0.1, 0.15) is 35.1 Å². The Hall–Kier alpha value is -2.41. The van der Waals surface area contributed by atoms with E-state index in [0.717, 1.165) is 29.9 Å². The van der Waals surface area contributed by atoms with Gasteiger partial charge in [-0.2, -0.15) is 5.10 Å². The Morgan fingerprint density at radius 1 is 1.16 bits per heavy atom. The predicted molar refractivity (Wildman–Crippen MR) is 128 cm³/mol. The topological polar surface area (TPSA) is 41.9 Å². The first-order valence-corrected chi connectivity index (χ1v) is 12.4. The van der Waals surface area contributed by atoms with Crippen molar-refractivity contribution in [2.24, 2.45) is 11.0 Å².